The molecule has 0 aliphatic heterocycles. The lowest BCUT2D eigenvalue weighted by molar-refractivity contribution is -0.114. The average Bonchev–Trinajstić information content (AvgIpc) is 2.90. The lowest BCUT2D eigenvalue weighted by Gasteiger charge is -2.36. The summed E-state index contributed by atoms with van der Waals surface area (Å²) in [6, 6.07) is -0.183. The number of amides is 1. The van der Waals surface area contributed by atoms with Crippen LogP contribution >= 0.6 is 0 Å². The van der Waals surface area contributed by atoms with Crippen LogP contribution in [-0.4, -0.2) is 24.0 Å². The van der Waals surface area contributed by atoms with Crippen molar-refractivity contribution in [2.24, 2.45) is 10.8 Å². The third-order valence-corrected chi connectivity index (χ3v) is 3.16. The summed E-state index contributed by atoms with van der Waals surface area (Å²) in [5, 5.41) is 2.87. The second-order valence-electron chi connectivity index (χ2n) is 7.30. The van der Waals surface area contributed by atoms with Crippen molar-refractivity contribution in [3.8, 4) is 0 Å². The highest BCUT2D eigenvalue weighted by atomic mass is 16.6. The smallest absolute Gasteiger partial charge is 0.407 e. The van der Waals surface area contributed by atoms with Crippen LogP contribution in [0.4, 0.5) is 4.79 Å². The highest BCUT2D eigenvalue weighted by molar-refractivity contribution is 5.72. The monoisotopic (exact) mass is 255 g/mol. The minimum atomic E-state index is -0.523. The molecule has 1 aliphatic carbocycles. The van der Waals surface area contributed by atoms with Crippen LogP contribution in [0, 0.1) is 10.8 Å². The molecule has 1 amide bonds. The molecule has 1 fully saturated rings. The van der Waals surface area contributed by atoms with Gasteiger partial charge in [-0.25, -0.2) is 4.79 Å². The van der Waals surface area contributed by atoms with Gasteiger partial charge >= 0.3 is 6.09 Å². The number of carbonyl (C=O) groups excluding carboxylic acids is 2. The van der Waals surface area contributed by atoms with Gasteiger partial charge in [0.25, 0.3) is 0 Å². The maximum atomic E-state index is 11.9. The predicted molar refractivity (Wildman–Crippen MR) is 70.3 cm³/mol. The van der Waals surface area contributed by atoms with Crippen molar-refractivity contribution in [1.29, 1.82) is 0 Å². The van der Waals surface area contributed by atoms with Gasteiger partial charge in [-0.05, 0) is 39.0 Å². The molecule has 0 saturated heterocycles. The minimum absolute atomic E-state index is 0.172. The summed E-state index contributed by atoms with van der Waals surface area (Å²) in [5.41, 5.74) is -1.09. The van der Waals surface area contributed by atoms with E-state index in [9.17, 15) is 9.59 Å². The van der Waals surface area contributed by atoms with Gasteiger partial charge in [-0.15, -0.1) is 0 Å². The van der Waals surface area contributed by atoms with E-state index in [2.05, 4.69) is 5.32 Å². The molecule has 1 aliphatic rings. The minimum Gasteiger partial charge on any atom is -0.444 e. The summed E-state index contributed by atoms with van der Waals surface area (Å²) < 4.78 is 5.26. The molecule has 1 rings (SSSR count). The van der Waals surface area contributed by atoms with E-state index in [1.807, 2.05) is 41.5 Å². The van der Waals surface area contributed by atoms with Crippen molar-refractivity contribution in [1.82, 2.24) is 5.32 Å². The number of carbonyl (C=O) groups is 2. The Bertz CT molecular complexity index is 332. The number of rotatable bonds is 3. The van der Waals surface area contributed by atoms with Crippen LogP contribution in [0.25, 0.3) is 0 Å². The lowest BCUT2D eigenvalue weighted by atomic mass is 9.77. The van der Waals surface area contributed by atoms with Crippen LogP contribution in [0.1, 0.15) is 54.4 Å². The van der Waals surface area contributed by atoms with Gasteiger partial charge in [-0.3, -0.25) is 0 Å². The summed E-state index contributed by atoms with van der Waals surface area (Å²) in [5.74, 6) is 0. The number of aldehydes is 1. The van der Waals surface area contributed by atoms with E-state index in [-0.39, 0.29) is 11.5 Å². The van der Waals surface area contributed by atoms with Crippen molar-refractivity contribution in [2.75, 3.05) is 0 Å². The summed E-state index contributed by atoms with van der Waals surface area (Å²) in [7, 11) is 0. The Balaban J connectivity index is 2.76. The molecule has 1 unspecified atom stereocenters. The maximum absolute atomic E-state index is 11.9. The normalized spacial score (nSPS) is 19.9. The van der Waals surface area contributed by atoms with Crippen molar-refractivity contribution in [2.45, 2.75) is 66.0 Å². The van der Waals surface area contributed by atoms with Gasteiger partial charge < -0.3 is 14.8 Å². The van der Waals surface area contributed by atoms with Crippen molar-refractivity contribution < 1.29 is 14.3 Å². The zero-order valence-corrected chi connectivity index (χ0v) is 12.3. The van der Waals surface area contributed by atoms with Gasteiger partial charge in [0.15, 0.2) is 0 Å². The number of ether oxygens (including phenoxy) is 1. The van der Waals surface area contributed by atoms with Crippen LogP contribution in [0.15, 0.2) is 0 Å². The summed E-state index contributed by atoms with van der Waals surface area (Å²) in [4.78, 5) is 23.1. The van der Waals surface area contributed by atoms with Crippen molar-refractivity contribution in [3.63, 3.8) is 0 Å². The molecule has 4 nitrogen and oxygen atoms in total. The Morgan fingerprint density at radius 2 is 1.72 bits per heavy atom. The molecule has 0 aromatic heterocycles. The molecule has 0 spiro atoms. The molecule has 4 heteroatoms. The topological polar surface area (TPSA) is 55.4 Å². The first-order valence-corrected chi connectivity index (χ1v) is 6.46. The fraction of sp³-hybridized carbons (Fsp3) is 0.857. The summed E-state index contributed by atoms with van der Waals surface area (Å²) >= 11 is 0. The molecule has 0 bridgehead atoms. The quantitative estimate of drug-likeness (QED) is 0.789. The summed E-state index contributed by atoms with van der Waals surface area (Å²) in [6.45, 7) is 11.6. The molecule has 0 radical (unpaired) electrons. The highest BCUT2D eigenvalue weighted by Gasteiger charge is 2.54. The number of nitrogens with one attached hydrogen (secondary N) is 1. The number of hydrogen-bond acceptors (Lipinski definition) is 3. The zero-order chi connectivity index (χ0) is 14.2. The second kappa shape index (κ2) is 4.56. The first-order chi connectivity index (χ1) is 8.00. The van der Waals surface area contributed by atoms with Crippen LogP contribution in [0.3, 0.4) is 0 Å². The molecular weight excluding hydrogens is 230 g/mol. The fourth-order valence-corrected chi connectivity index (χ4v) is 2.27. The Morgan fingerprint density at radius 3 is 2.00 bits per heavy atom. The Morgan fingerprint density at radius 1 is 1.22 bits per heavy atom. The predicted octanol–water partition coefficient (Wildman–Crippen LogP) is 2.90. The Labute approximate surface area is 109 Å². The fourth-order valence-electron chi connectivity index (χ4n) is 2.27. The zero-order valence-electron chi connectivity index (χ0n) is 12.3. The van der Waals surface area contributed by atoms with E-state index in [1.165, 1.54) is 0 Å². The lowest BCUT2D eigenvalue weighted by Crippen LogP contribution is -2.51. The van der Waals surface area contributed by atoms with E-state index in [1.54, 1.807) is 0 Å². The molecule has 0 aromatic carbocycles. The maximum Gasteiger partial charge on any atom is 0.407 e. The number of hydrogen-bond donors (Lipinski definition) is 1. The van der Waals surface area contributed by atoms with E-state index in [0.717, 1.165) is 19.1 Å². The van der Waals surface area contributed by atoms with Gasteiger partial charge in [0.05, 0.1) is 0 Å². The van der Waals surface area contributed by atoms with E-state index in [0.29, 0.717) is 0 Å². The average molecular weight is 255 g/mol. The SMILES string of the molecule is CC(C)(C)OC(=O)NC(C(C)(C)C)C1(C=O)CC1. The van der Waals surface area contributed by atoms with Gasteiger partial charge in [0.1, 0.15) is 11.9 Å². The summed E-state index contributed by atoms with van der Waals surface area (Å²) in [6.07, 6.45) is 2.22. The highest BCUT2D eigenvalue weighted by Crippen LogP contribution is 2.51. The molecule has 1 N–H and O–H groups in total. The van der Waals surface area contributed by atoms with Crippen LogP contribution in [0.2, 0.25) is 0 Å². The van der Waals surface area contributed by atoms with Gasteiger partial charge in [0.2, 0.25) is 0 Å². The molecule has 18 heavy (non-hydrogen) atoms. The largest absolute Gasteiger partial charge is 0.444 e. The number of alkyl carbamates (subject to hydrolysis) is 1. The molecule has 104 valence electrons. The molecule has 1 atom stereocenters. The van der Waals surface area contributed by atoms with Gasteiger partial charge in [-0.2, -0.15) is 0 Å². The van der Waals surface area contributed by atoms with Crippen molar-refractivity contribution >= 4 is 12.4 Å². The van der Waals surface area contributed by atoms with E-state index < -0.39 is 17.1 Å². The Kier molecular flexibility index (Phi) is 3.80. The second-order valence-corrected chi connectivity index (χ2v) is 7.30. The van der Waals surface area contributed by atoms with E-state index in [4.69, 9.17) is 4.74 Å². The van der Waals surface area contributed by atoms with E-state index >= 15 is 0 Å². The van der Waals surface area contributed by atoms with Gasteiger partial charge in [-0.1, -0.05) is 20.8 Å². The first kappa shape index (κ1) is 15.0. The molecular formula is C14H25NO3. The van der Waals surface area contributed by atoms with Crippen LogP contribution in [0.5, 0.6) is 0 Å². The molecule has 0 heterocycles. The third kappa shape index (κ3) is 3.72. The van der Waals surface area contributed by atoms with Gasteiger partial charge in [0, 0.05) is 11.5 Å². The van der Waals surface area contributed by atoms with Crippen LogP contribution < -0.4 is 5.32 Å². The molecule has 0 aromatic rings. The van der Waals surface area contributed by atoms with Crippen LogP contribution in [-0.2, 0) is 9.53 Å². The third-order valence-electron chi connectivity index (χ3n) is 3.16. The van der Waals surface area contributed by atoms with Crippen molar-refractivity contribution in [3.05, 3.63) is 0 Å². The molecule has 1 saturated carbocycles. The Hall–Kier alpha value is -1.06. The standard InChI is InChI=1S/C14H25NO3/c1-12(2,3)10(14(9-16)7-8-14)15-11(17)18-13(4,5)6/h9-10H,7-8H2,1-6H3,(H,15,17). The first-order valence-electron chi connectivity index (χ1n) is 6.46.